The van der Waals surface area contributed by atoms with Gasteiger partial charge >= 0.3 is 0 Å². The Kier molecular flexibility index (Phi) is 8.04. The lowest BCUT2D eigenvalue weighted by molar-refractivity contribution is 0.100. The molecule has 27 heavy (non-hydrogen) atoms. The molecule has 0 N–H and O–H groups in total. The maximum atomic E-state index is 12.9. The highest BCUT2D eigenvalue weighted by molar-refractivity contribution is 8.93. The number of halogens is 1. The molecule has 0 aliphatic carbocycles. The first-order valence-electron chi connectivity index (χ1n) is 9.31. The third kappa shape index (κ3) is 5.42. The monoisotopic (exact) mass is 430 g/mol. The van der Waals surface area contributed by atoms with Crippen molar-refractivity contribution in [2.24, 2.45) is 4.99 Å². The van der Waals surface area contributed by atoms with Gasteiger partial charge in [0.1, 0.15) is 11.6 Å². The van der Waals surface area contributed by atoms with Crippen molar-refractivity contribution >= 4 is 34.3 Å². The molecule has 0 fully saturated rings. The van der Waals surface area contributed by atoms with Crippen molar-refractivity contribution in [3.05, 3.63) is 59.7 Å². The van der Waals surface area contributed by atoms with Crippen LogP contribution in [0.3, 0.4) is 0 Å². The molecule has 3 rings (SSSR count). The van der Waals surface area contributed by atoms with Crippen molar-refractivity contribution in [2.45, 2.75) is 33.1 Å². The fraction of sp³-hybridized carbons (Fsp3) is 0.364. The van der Waals surface area contributed by atoms with Crippen LogP contribution in [0.5, 0.6) is 5.75 Å². The summed E-state index contributed by atoms with van der Waals surface area (Å²) in [7, 11) is 0. The lowest BCUT2D eigenvalue weighted by atomic mass is 10.1. The van der Waals surface area contributed by atoms with Crippen molar-refractivity contribution in [3.63, 3.8) is 0 Å². The van der Waals surface area contributed by atoms with E-state index in [1.165, 1.54) is 0 Å². The highest BCUT2D eigenvalue weighted by atomic mass is 79.9. The van der Waals surface area contributed by atoms with E-state index >= 15 is 0 Å². The summed E-state index contributed by atoms with van der Waals surface area (Å²) in [6, 6.07) is 15.6. The first-order valence-corrected chi connectivity index (χ1v) is 9.31. The number of benzene rings is 2. The van der Waals surface area contributed by atoms with E-state index in [4.69, 9.17) is 9.73 Å². The maximum absolute atomic E-state index is 12.9. The lowest BCUT2D eigenvalue weighted by Gasteiger charge is -2.29. The SMILES string of the molecule is Br.CCOc1ccc(C(=O)CN(C2=NCCCC2)c2ccccc2C)cc1. The molecule has 1 aliphatic rings. The lowest BCUT2D eigenvalue weighted by Crippen LogP contribution is -2.37. The number of carbonyl (C=O) groups is 1. The quantitative estimate of drug-likeness (QED) is 0.588. The number of hydrogen-bond donors (Lipinski definition) is 0. The summed E-state index contributed by atoms with van der Waals surface area (Å²) < 4.78 is 5.46. The van der Waals surface area contributed by atoms with Gasteiger partial charge < -0.3 is 9.64 Å². The van der Waals surface area contributed by atoms with E-state index in [0.29, 0.717) is 18.7 Å². The summed E-state index contributed by atoms with van der Waals surface area (Å²) >= 11 is 0. The van der Waals surface area contributed by atoms with E-state index in [1.54, 1.807) is 0 Å². The number of rotatable bonds is 6. The second kappa shape index (κ2) is 10.3. The third-order valence-corrected chi connectivity index (χ3v) is 4.61. The first kappa shape index (κ1) is 21.2. The molecule has 0 atom stereocenters. The van der Waals surface area contributed by atoms with E-state index in [9.17, 15) is 4.79 Å². The molecule has 0 saturated carbocycles. The summed E-state index contributed by atoms with van der Waals surface area (Å²) in [5.74, 6) is 1.89. The molecule has 1 heterocycles. The Morgan fingerprint density at radius 2 is 1.85 bits per heavy atom. The van der Waals surface area contributed by atoms with Gasteiger partial charge in [-0.25, -0.2) is 0 Å². The predicted octanol–water partition coefficient (Wildman–Crippen LogP) is 5.24. The fourth-order valence-corrected chi connectivity index (χ4v) is 3.22. The van der Waals surface area contributed by atoms with Gasteiger partial charge in [-0.15, -0.1) is 17.0 Å². The minimum absolute atomic E-state index is 0. The summed E-state index contributed by atoms with van der Waals surface area (Å²) in [4.78, 5) is 19.7. The van der Waals surface area contributed by atoms with Crippen LogP contribution in [-0.2, 0) is 0 Å². The third-order valence-electron chi connectivity index (χ3n) is 4.61. The van der Waals surface area contributed by atoms with Crippen LogP contribution in [0.4, 0.5) is 5.69 Å². The molecule has 0 aromatic heterocycles. The minimum atomic E-state index is 0. The van der Waals surface area contributed by atoms with Gasteiger partial charge in [0.2, 0.25) is 0 Å². The van der Waals surface area contributed by atoms with Crippen LogP contribution in [0, 0.1) is 6.92 Å². The number of nitrogens with zero attached hydrogens (tertiary/aromatic N) is 2. The molecular weight excluding hydrogens is 404 g/mol. The van der Waals surface area contributed by atoms with Gasteiger partial charge in [0.15, 0.2) is 5.78 Å². The molecule has 5 heteroatoms. The normalized spacial score (nSPS) is 13.3. The average molecular weight is 431 g/mol. The second-order valence-corrected chi connectivity index (χ2v) is 6.51. The smallest absolute Gasteiger partial charge is 0.182 e. The maximum Gasteiger partial charge on any atom is 0.182 e. The Bertz CT molecular complexity index is 787. The number of anilines is 1. The van der Waals surface area contributed by atoms with Crippen molar-refractivity contribution in [2.75, 3.05) is 24.6 Å². The Morgan fingerprint density at radius 3 is 2.48 bits per heavy atom. The van der Waals surface area contributed by atoms with E-state index in [0.717, 1.165) is 48.6 Å². The van der Waals surface area contributed by atoms with Crippen LogP contribution in [0.15, 0.2) is 53.5 Å². The van der Waals surface area contributed by atoms with Crippen LogP contribution in [0.1, 0.15) is 42.1 Å². The summed E-state index contributed by atoms with van der Waals surface area (Å²) in [5, 5.41) is 0. The van der Waals surface area contributed by atoms with Crippen LogP contribution >= 0.6 is 17.0 Å². The Balaban J connectivity index is 0.00000261. The minimum Gasteiger partial charge on any atom is -0.494 e. The zero-order valence-electron chi connectivity index (χ0n) is 16.0. The Labute approximate surface area is 172 Å². The summed E-state index contributed by atoms with van der Waals surface area (Å²) in [5.41, 5.74) is 2.91. The summed E-state index contributed by atoms with van der Waals surface area (Å²) in [6.07, 6.45) is 3.17. The molecule has 0 unspecified atom stereocenters. The average Bonchev–Trinajstić information content (AvgIpc) is 2.68. The number of para-hydroxylation sites is 1. The van der Waals surface area contributed by atoms with Gasteiger partial charge in [-0.05, 0) is 62.6 Å². The molecule has 1 aliphatic heterocycles. The molecule has 0 bridgehead atoms. The number of aliphatic imine (C=N–C) groups is 1. The number of ether oxygens (including phenoxy) is 1. The standard InChI is InChI=1S/C22H26N2O2.BrH/c1-3-26-19-13-11-18(12-14-19)21(25)16-24(22-10-6-7-15-23-22)20-9-5-4-8-17(20)2;/h4-5,8-9,11-14H,3,6-7,10,15-16H2,1-2H3;1H. The first-order chi connectivity index (χ1) is 12.7. The van der Waals surface area contributed by atoms with Crippen LogP contribution in [0.2, 0.25) is 0 Å². The second-order valence-electron chi connectivity index (χ2n) is 6.51. The number of aryl methyl sites for hydroxylation is 1. The number of ketones is 1. The molecule has 2 aromatic rings. The van der Waals surface area contributed by atoms with Gasteiger partial charge in [0.05, 0.1) is 13.2 Å². The van der Waals surface area contributed by atoms with E-state index in [-0.39, 0.29) is 22.8 Å². The zero-order valence-corrected chi connectivity index (χ0v) is 17.7. The molecule has 0 saturated heterocycles. The molecule has 144 valence electrons. The van der Waals surface area contributed by atoms with E-state index in [2.05, 4.69) is 24.0 Å². The van der Waals surface area contributed by atoms with Gasteiger partial charge in [-0.3, -0.25) is 9.79 Å². The topological polar surface area (TPSA) is 41.9 Å². The molecular formula is C22H27BrN2O2. The van der Waals surface area contributed by atoms with Gasteiger partial charge in [-0.2, -0.15) is 0 Å². The van der Waals surface area contributed by atoms with Crippen molar-refractivity contribution in [1.29, 1.82) is 0 Å². The fourth-order valence-electron chi connectivity index (χ4n) is 3.22. The van der Waals surface area contributed by atoms with Crippen molar-refractivity contribution < 1.29 is 9.53 Å². The highest BCUT2D eigenvalue weighted by Gasteiger charge is 2.21. The molecule has 0 spiro atoms. The van der Waals surface area contributed by atoms with Crippen molar-refractivity contribution in [3.8, 4) is 5.75 Å². The zero-order chi connectivity index (χ0) is 18.4. The van der Waals surface area contributed by atoms with Crippen LogP contribution in [0.25, 0.3) is 0 Å². The molecule has 2 aromatic carbocycles. The number of Topliss-reactive ketones (excluding diaryl/α,β-unsaturated/α-hetero) is 1. The van der Waals surface area contributed by atoms with Gasteiger partial charge in [-0.1, -0.05) is 18.2 Å². The Hall–Kier alpha value is -2.14. The molecule has 0 amide bonds. The summed E-state index contributed by atoms with van der Waals surface area (Å²) in [6.45, 7) is 5.79. The van der Waals surface area contributed by atoms with Crippen LogP contribution < -0.4 is 9.64 Å². The highest BCUT2D eigenvalue weighted by Crippen LogP contribution is 2.24. The Morgan fingerprint density at radius 1 is 1.11 bits per heavy atom. The van der Waals surface area contributed by atoms with Crippen molar-refractivity contribution in [1.82, 2.24) is 0 Å². The number of carbonyl (C=O) groups excluding carboxylic acids is 1. The number of hydrogen-bond acceptors (Lipinski definition) is 4. The van der Waals surface area contributed by atoms with E-state index < -0.39 is 0 Å². The largest absolute Gasteiger partial charge is 0.494 e. The number of amidine groups is 1. The van der Waals surface area contributed by atoms with Crippen LogP contribution in [-0.4, -0.2) is 31.3 Å². The van der Waals surface area contributed by atoms with Gasteiger partial charge in [0, 0.05) is 24.2 Å². The molecule has 0 radical (unpaired) electrons. The van der Waals surface area contributed by atoms with Gasteiger partial charge in [0.25, 0.3) is 0 Å². The molecule has 4 nitrogen and oxygen atoms in total. The van der Waals surface area contributed by atoms with E-state index in [1.807, 2.05) is 43.3 Å². The predicted molar refractivity (Wildman–Crippen MR) is 117 cm³/mol.